The fraction of sp³-hybridized carbons (Fsp3) is 0.362. The number of rotatable bonds is 30. The number of fused-ring (bicyclic) bond motifs is 6. The Morgan fingerprint density at radius 3 is 1.27 bits per heavy atom. The molecule has 0 spiro atoms. The summed E-state index contributed by atoms with van der Waals surface area (Å²) in [6, 6.07) is 40.8. The van der Waals surface area contributed by atoms with E-state index in [1.54, 1.807) is 30.8 Å². The molecule has 6 aromatic carbocycles. The molecule has 10 heteroatoms. The van der Waals surface area contributed by atoms with Gasteiger partial charge in [-0.05, 0) is 151 Å². The summed E-state index contributed by atoms with van der Waals surface area (Å²) in [6.07, 6.45) is 12.3. The van der Waals surface area contributed by atoms with Gasteiger partial charge in [-0.1, -0.05) is 164 Å². The maximum atomic E-state index is 14.1. The van der Waals surface area contributed by atoms with Crippen molar-refractivity contribution in [1.29, 1.82) is 0 Å². The van der Waals surface area contributed by atoms with Crippen molar-refractivity contribution >= 4 is 46.8 Å². The second kappa shape index (κ2) is 26.7. The largest absolute Gasteiger partial charge is 0.498 e. The molecule has 0 amide bonds. The summed E-state index contributed by atoms with van der Waals surface area (Å²) in [4.78, 5) is 82.5. The van der Waals surface area contributed by atoms with Crippen molar-refractivity contribution in [2.75, 3.05) is 19.8 Å². The topological polar surface area (TPSA) is 130 Å². The maximum Gasteiger partial charge on any atom is 0.379 e. The van der Waals surface area contributed by atoms with Crippen molar-refractivity contribution in [2.45, 2.75) is 152 Å². The van der Waals surface area contributed by atoms with Gasteiger partial charge in [0.25, 0.3) is 11.6 Å². The average molecular weight is 1080 g/mol. The minimum Gasteiger partial charge on any atom is -0.498 e. The number of unbranched alkanes of at least 4 members (excludes halogenated alkanes) is 5. The summed E-state index contributed by atoms with van der Waals surface area (Å²) in [5.74, 6) is -2.98. The molecule has 0 saturated carbocycles. The van der Waals surface area contributed by atoms with Crippen LogP contribution in [-0.4, -0.2) is 54.9 Å². The smallest absolute Gasteiger partial charge is 0.379 e. The molecule has 0 heterocycles. The van der Waals surface area contributed by atoms with E-state index in [0.717, 1.165) is 131 Å². The molecular formula is C69H74O9S. The number of carbonyl (C=O) groups excluding carboxylic acids is 6. The minimum absolute atomic E-state index is 0.0113. The van der Waals surface area contributed by atoms with E-state index in [9.17, 15) is 28.8 Å². The zero-order valence-corrected chi connectivity index (χ0v) is 47.5. The van der Waals surface area contributed by atoms with Gasteiger partial charge in [-0.25, -0.2) is 9.59 Å². The first-order valence-corrected chi connectivity index (χ1v) is 29.3. The highest BCUT2D eigenvalue weighted by molar-refractivity contribution is 7.99. The molecule has 0 radical (unpaired) electrons. The molecule has 0 aliphatic heterocycles. The summed E-state index contributed by atoms with van der Waals surface area (Å²) in [5, 5.41) is 0. The van der Waals surface area contributed by atoms with E-state index in [1.165, 1.54) is 0 Å². The van der Waals surface area contributed by atoms with Crippen molar-refractivity contribution in [1.82, 2.24) is 0 Å². The number of Topliss-reactive ketones (excluding diaryl/α,β-unsaturated/α-hetero) is 3. The highest BCUT2D eigenvalue weighted by Gasteiger charge is 2.45. The molecule has 0 unspecified atom stereocenters. The van der Waals surface area contributed by atoms with Crippen LogP contribution in [0, 0.1) is 0 Å². The SMILES string of the molecule is C=C(CCOC(=O)C(=O)c1ccc2c(c1)C(CCCC)(CCCC)c1cc(C(=O)c3ccc(Sc4ccccc4)cc3)ccc1-2)OCCCCOC(=O)C(=O)c1ccc2c(c1)C(CCCC)(CCCC)c1cc(C(C)=O)ccc1-2. The van der Waals surface area contributed by atoms with Gasteiger partial charge in [-0.3, -0.25) is 19.2 Å². The molecule has 2 aliphatic rings. The van der Waals surface area contributed by atoms with Crippen molar-refractivity contribution in [3.8, 4) is 22.3 Å². The van der Waals surface area contributed by atoms with Gasteiger partial charge in [0.1, 0.15) is 0 Å². The van der Waals surface area contributed by atoms with Gasteiger partial charge in [0, 0.05) is 54.9 Å². The molecule has 0 fully saturated rings. The number of hydrogen-bond acceptors (Lipinski definition) is 10. The Labute approximate surface area is 470 Å². The Balaban J connectivity index is 0.827. The third-order valence-corrected chi connectivity index (χ3v) is 16.9. The molecule has 0 atom stereocenters. The lowest BCUT2D eigenvalue weighted by Gasteiger charge is -2.33. The summed E-state index contributed by atoms with van der Waals surface area (Å²) in [7, 11) is 0. The molecule has 0 bridgehead atoms. The number of hydrogen-bond donors (Lipinski definition) is 0. The van der Waals surface area contributed by atoms with E-state index < -0.39 is 28.9 Å². The fourth-order valence-electron chi connectivity index (χ4n) is 11.6. The van der Waals surface area contributed by atoms with Crippen molar-refractivity contribution < 1.29 is 43.0 Å². The van der Waals surface area contributed by atoms with Crippen LogP contribution in [-0.2, 0) is 34.6 Å². The maximum absolute atomic E-state index is 14.1. The summed E-state index contributed by atoms with van der Waals surface area (Å²) >= 11 is 1.65. The Morgan fingerprint density at radius 2 is 0.810 bits per heavy atom. The van der Waals surface area contributed by atoms with Gasteiger partial charge < -0.3 is 14.2 Å². The van der Waals surface area contributed by atoms with E-state index in [0.29, 0.717) is 35.3 Å². The molecule has 2 aliphatic carbocycles. The first kappa shape index (κ1) is 58.0. The van der Waals surface area contributed by atoms with E-state index >= 15 is 0 Å². The van der Waals surface area contributed by atoms with Crippen LogP contribution in [0.3, 0.4) is 0 Å². The van der Waals surface area contributed by atoms with Crippen LogP contribution >= 0.6 is 11.8 Å². The van der Waals surface area contributed by atoms with Gasteiger partial charge in [0.15, 0.2) is 11.6 Å². The van der Waals surface area contributed by atoms with Crippen LogP contribution in [0.2, 0.25) is 0 Å². The molecular weight excluding hydrogens is 1000 g/mol. The van der Waals surface area contributed by atoms with Gasteiger partial charge in [-0.2, -0.15) is 0 Å². The van der Waals surface area contributed by atoms with Gasteiger partial charge in [-0.15, -0.1) is 0 Å². The standard InChI is InChI=1S/C69H74O9S/c1-7-11-35-68(36-12-8-2)59-42-49(47(6)70)24-30-55(59)57-32-26-51(44-61(57)68)64(72)66(74)77-40-19-18-39-76-46(5)34-41-78-67(75)65(73)52-27-33-58-56-31-25-50(43-60(56)69(37-13-9-3,38-14-10-4)62(58)45-52)63(71)48-22-28-54(29-23-48)79-53-20-16-15-17-21-53/h15-17,20-33,42-45H,5,7-14,18-19,34-41H2,1-4,6H3. The first-order valence-electron chi connectivity index (χ1n) is 28.5. The molecule has 79 heavy (non-hydrogen) atoms. The van der Waals surface area contributed by atoms with Gasteiger partial charge >= 0.3 is 11.9 Å². The summed E-state index contributed by atoms with van der Waals surface area (Å²) < 4.78 is 16.7. The van der Waals surface area contributed by atoms with E-state index in [2.05, 4.69) is 52.5 Å². The number of ketones is 4. The van der Waals surface area contributed by atoms with E-state index in [-0.39, 0.29) is 54.3 Å². The van der Waals surface area contributed by atoms with Crippen LogP contribution in [0.25, 0.3) is 22.3 Å². The number of esters is 2. The second-order valence-electron chi connectivity index (χ2n) is 21.2. The molecule has 8 rings (SSSR count). The normalized spacial score (nSPS) is 13.1. The van der Waals surface area contributed by atoms with Crippen LogP contribution in [0.15, 0.2) is 150 Å². The molecule has 6 aromatic rings. The zero-order valence-electron chi connectivity index (χ0n) is 46.6. The quantitative estimate of drug-likeness (QED) is 0.0141. The monoisotopic (exact) mass is 1080 g/mol. The minimum atomic E-state index is -0.964. The van der Waals surface area contributed by atoms with Crippen molar-refractivity contribution in [3.63, 3.8) is 0 Å². The summed E-state index contributed by atoms with van der Waals surface area (Å²) in [6.45, 7) is 14.4. The lowest BCUT2D eigenvalue weighted by molar-refractivity contribution is -0.139. The molecule has 0 N–H and O–H groups in total. The molecule has 9 nitrogen and oxygen atoms in total. The van der Waals surface area contributed by atoms with Crippen LogP contribution in [0.1, 0.15) is 200 Å². The Morgan fingerprint density at radius 1 is 0.430 bits per heavy atom. The first-order chi connectivity index (χ1) is 38.3. The van der Waals surface area contributed by atoms with Crippen molar-refractivity contribution in [3.05, 3.63) is 190 Å². The Hall–Kier alpha value is -7.17. The lowest BCUT2D eigenvalue weighted by Crippen LogP contribution is -2.26. The van der Waals surface area contributed by atoms with Crippen molar-refractivity contribution in [2.24, 2.45) is 0 Å². The third kappa shape index (κ3) is 12.8. The van der Waals surface area contributed by atoms with Gasteiger partial charge in [0.2, 0.25) is 0 Å². The lowest BCUT2D eigenvalue weighted by atomic mass is 9.70. The number of benzene rings is 6. The number of ether oxygens (including phenoxy) is 3. The molecule has 0 aromatic heterocycles. The predicted octanol–water partition coefficient (Wildman–Crippen LogP) is 16.4. The Bertz CT molecular complexity index is 3210. The van der Waals surface area contributed by atoms with E-state index in [1.807, 2.05) is 97.1 Å². The average Bonchev–Trinajstić information content (AvgIpc) is 3.88. The molecule has 410 valence electrons. The van der Waals surface area contributed by atoms with Crippen LogP contribution < -0.4 is 0 Å². The van der Waals surface area contributed by atoms with Crippen LogP contribution in [0.4, 0.5) is 0 Å². The second-order valence-corrected chi connectivity index (χ2v) is 22.4. The highest BCUT2D eigenvalue weighted by Crippen LogP contribution is 2.56. The molecule has 0 saturated heterocycles. The highest BCUT2D eigenvalue weighted by atomic mass is 32.2. The van der Waals surface area contributed by atoms with E-state index in [4.69, 9.17) is 14.2 Å². The van der Waals surface area contributed by atoms with Crippen LogP contribution in [0.5, 0.6) is 0 Å². The predicted molar refractivity (Wildman–Crippen MR) is 313 cm³/mol. The number of carbonyl (C=O) groups is 6. The zero-order chi connectivity index (χ0) is 56.1. The summed E-state index contributed by atoms with van der Waals surface area (Å²) in [5.41, 5.74) is 10.0. The fourth-order valence-corrected chi connectivity index (χ4v) is 12.5. The Kier molecular flexibility index (Phi) is 19.6. The third-order valence-electron chi connectivity index (χ3n) is 15.9. The van der Waals surface area contributed by atoms with Gasteiger partial charge in [0.05, 0.1) is 25.6 Å².